The van der Waals surface area contributed by atoms with Gasteiger partial charge in [-0.05, 0) is 55.5 Å². The first-order valence-corrected chi connectivity index (χ1v) is 7.51. The van der Waals surface area contributed by atoms with Gasteiger partial charge in [0.15, 0.2) is 0 Å². The van der Waals surface area contributed by atoms with Gasteiger partial charge in [0.2, 0.25) is 0 Å². The van der Waals surface area contributed by atoms with Crippen molar-refractivity contribution in [3.63, 3.8) is 0 Å². The molecule has 2 aromatic rings. The maximum atomic E-state index is 11.1. The maximum Gasteiger partial charge on any atom is 0.116 e. The van der Waals surface area contributed by atoms with Crippen LogP contribution in [0.1, 0.15) is 25.3 Å². The van der Waals surface area contributed by atoms with Crippen LogP contribution in [0.15, 0.2) is 35.7 Å². The number of H-pyrrole nitrogens is 1. The Kier molecular flexibility index (Phi) is 3.79. The van der Waals surface area contributed by atoms with E-state index >= 15 is 0 Å². The van der Waals surface area contributed by atoms with Gasteiger partial charge in [-0.25, -0.2) is 0 Å². The molecule has 5 nitrogen and oxygen atoms in total. The molecule has 0 unspecified atom stereocenters. The van der Waals surface area contributed by atoms with Crippen LogP contribution < -0.4 is 5.11 Å². The smallest absolute Gasteiger partial charge is 0.116 e. The van der Waals surface area contributed by atoms with E-state index in [1.807, 2.05) is 19.2 Å². The van der Waals surface area contributed by atoms with Gasteiger partial charge in [-0.3, -0.25) is 0 Å². The number of aliphatic carboxylic acids is 1. The summed E-state index contributed by atoms with van der Waals surface area (Å²) in [5, 5.41) is 21.8. The summed E-state index contributed by atoms with van der Waals surface area (Å²) in [4.78, 5) is 16.4. The van der Waals surface area contributed by atoms with Crippen molar-refractivity contribution in [2.24, 2.45) is 0 Å². The van der Waals surface area contributed by atoms with Crippen molar-refractivity contribution in [3.05, 3.63) is 41.2 Å². The number of fused-ring (bicyclic) bond motifs is 1. The molecule has 1 aromatic carbocycles. The molecule has 0 spiro atoms. The SMILES string of the molecule is CC1=C(C(=O)[O-])CCCN1CCc1c[nH]c2ccc(O)cc12. The van der Waals surface area contributed by atoms with Gasteiger partial charge in [0.25, 0.3) is 0 Å². The molecule has 2 heterocycles. The molecule has 0 bridgehead atoms. The summed E-state index contributed by atoms with van der Waals surface area (Å²) in [5.74, 6) is -0.805. The highest BCUT2D eigenvalue weighted by Crippen LogP contribution is 2.25. The number of aromatic amines is 1. The largest absolute Gasteiger partial charge is 0.545 e. The number of hydrogen-bond donors (Lipinski definition) is 2. The molecule has 2 N–H and O–H groups in total. The first kappa shape index (κ1) is 14.5. The normalized spacial score (nSPS) is 15.6. The molecule has 116 valence electrons. The Morgan fingerprint density at radius 3 is 3.05 bits per heavy atom. The summed E-state index contributed by atoms with van der Waals surface area (Å²) in [6.45, 7) is 3.48. The summed E-state index contributed by atoms with van der Waals surface area (Å²) < 4.78 is 0. The Balaban J connectivity index is 1.78. The summed E-state index contributed by atoms with van der Waals surface area (Å²) in [5.41, 5.74) is 3.35. The number of phenolic OH excluding ortho intramolecular Hbond substituents is 1. The zero-order chi connectivity index (χ0) is 15.7. The number of aromatic hydroxyl groups is 1. The topological polar surface area (TPSA) is 79.4 Å². The molecular formula is C17H19N2O3-. The Hall–Kier alpha value is -2.43. The second-order valence-electron chi connectivity index (χ2n) is 5.74. The highest BCUT2D eigenvalue weighted by Gasteiger charge is 2.17. The highest BCUT2D eigenvalue weighted by atomic mass is 16.4. The number of aromatic nitrogens is 1. The number of carboxylic acids is 1. The molecule has 1 aliphatic rings. The number of rotatable bonds is 4. The van der Waals surface area contributed by atoms with Gasteiger partial charge in [0, 0.05) is 35.9 Å². The van der Waals surface area contributed by atoms with E-state index in [2.05, 4.69) is 9.88 Å². The van der Waals surface area contributed by atoms with Gasteiger partial charge in [0.05, 0.1) is 5.97 Å². The van der Waals surface area contributed by atoms with Crippen LogP contribution >= 0.6 is 0 Å². The van der Waals surface area contributed by atoms with Crippen LogP contribution in [0, 0.1) is 0 Å². The Morgan fingerprint density at radius 2 is 2.27 bits per heavy atom. The molecule has 3 rings (SSSR count). The second kappa shape index (κ2) is 5.75. The zero-order valence-electron chi connectivity index (χ0n) is 12.6. The summed E-state index contributed by atoms with van der Waals surface area (Å²) >= 11 is 0. The molecule has 0 fully saturated rings. The number of nitrogens with zero attached hydrogens (tertiary/aromatic N) is 1. The maximum absolute atomic E-state index is 11.1. The van der Waals surface area contributed by atoms with Crippen molar-refractivity contribution in [1.29, 1.82) is 0 Å². The van der Waals surface area contributed by atoms with Crippen LogP contribution in [0.3, 0.4) is 0 Å². The van der Waals surface area contributed by atoms with Gasteiger partial charge in [-0.15, -0.1) is 0 Å². The minimum Gasteiger partial charge on any atom is -0.545 e. The van der Waals surface area contributed by atoms with E-state index in [9.17, 15) is 15.0 Å². The minimum absolute atomic E-state index is 0.252. The van der Waals surface area contributed by atoms with E-state index in [0.29, 0.717) is 12.0 Å². The molecule has 0 radical (unpaired) electrons. The standard InChI is InChI=1S/C17H20N2O3/c1-11-14(17(21)22)3-2-7-19(11)8-6-12-10-18-16-5-4-13(20)9-15(12)16/h4-5,9-10,18,20H,2-3,6-8H2,1H3,(H,21,22)/p-1. The number of allylic oxidation sites excluding steroid dienone is 1. The van der Waals surface area contributed by atoms with Crippen molar-refractivity contribution < 1.29 is 15.0 Å². The van der Waals surface area contributed by atoms with Crippen molar-refractivity contribution >= 4 is 16.9 Å². The third-order valence-electron chi connectivity index (χ3n) is 4.41. The van der Waals surface area contributed by atoms with Crippen molar-refractivity contribution in [1.82, 2.24) is 9.88 Å². The van der Waals surface area contributed by atoms with Crippen LogP contribution in [-0.2, 0) is 11.2 Å². The van der Waals surface area contributed by atoms with E-state index < -0.39 is 5.97 Å². The predicted molar refractivity (Wildman–Crippen MR) is 82.2 cm³/mol. The third kappa shape index (κ3) is 2.66. The number of benzene rings is 1. The predicted octanol–water partition coefficient (Wildman–Crippen LogP) is 1.54. The molecule has 1 aliphatic heterocycles. The molecular weight excluding hydrogens is 280 g/mol. The average Bonchev–Trinajstić information content (AvgIpc) is 2.88. The fourth-order valence-electron chi connectivity index (χ4n) is 3.14. The van der Waals surface area contributed by atoms with Crippen molar-refractivity contribution in [2.75, 3.05) is 13.1 Å². The Morgan fingerprint density at radius 1 is 1.45 bits per heavy atom. The number of carboxylic acid groups (broad SMARTS) is 1. The Bertz CT molecular complexity index is 745. The van der Waals surface area contributed by atoms with Gasteiger partial charge in [-0.2, -0.15) is 0 Å². The number of phenols is 1. The van der Waals surface area contributed by atoms with Crippen LogP contribution in [0.4, 0.5) is 0 Å². The lowest BCUT2D eigenvalue weighted by Crippen LogP contribution is -2.35. The molecule has 0 aliphatic carbocycles. The fraction of sp³-hybridized carbons (Fsp3) is 0.353. The van der Waals surface area contributed by atoms with E-state index in [1.54, 1.807) is 12.1 Å². The van der Waals surface area contributed by atoms with E-state index in [-0.39, 0.29) is 5.75 Å². The molecule has 0 saturated heterocycles. The van der Waals surface area contributed by atoms with Crippen LogP contribution in [0.2, 0.25) is 0 Å². The van der Waals surface area contributed by atoms with Crippen LogP contribution in [0.5, 0.6) is 5.75 Å². The van der Waals surface area contributed by atoms with Gasteiger partial charge in [-0.1, -0.05) is 0 Å². The number of carbonyl (C=O) groups is 1. The number of nitrogens with one attached hydrogen (secondary N) is 1. The van der Waals surface area contributed by atoms with Crippen LogP contribution in [0.25, 0.3) is 10.9 Å². The molecule has 1 aromatic heterocycles. The lowest BCUT2D eigenvalue weighted by Gasteiger charge is -2.32. The lowest BCUT2D eigenvalue weighted by molar-refractivity contribution is -0.299. The third-order valence-corrected chi connectivity index (χ3v) is 4.41. The van der Waals surface area contributed by atoms with E-state index in [0.717, 1.165) is 48.1 Å². The first-order valence-electron chi connectivity index (χ1n) is 7.51. The van der Waals surface area contributed by atoms with Crippen molar-refractivity contribution in [3.8, 4) is 5.75 Å². The summed E-state index contributed by atoms with van der Waals surface area (Å²) in [7, 11) is 0. The quantitative estimate of drug-likeness (QED) is 0.897. The van der Waals surface area contributed by atoms with Crippen LogP contribution in [-0.4, -0.2) is 34.0 Å². The molecule has 22 heavy (non-hydrogen) atoms. The number of hydrogen-bond acceptors (Lipinski definition) is 4. The lowest BCUT2D eigenvalue weighted by atomic mass is 10.0. The first-order chi connectivity index (χ1) is 10.6. The van der Waals surface area contributed by atoms with Gasteiger partial charge < -0.3 is 24.9 Å². The molecule has 5 heteroatoms. The summed E-state index contributed by atoms with van der Waals surface area (Å²) in [6, 6.07) is 5.27. The van der Waals surface area contributed by atoms with E-state index in [4.69, 9.17) is 0 Å². The van der Waals surface area contributed by atoms with E-state index in [1.165, 1.54) is 0 Å². The van der Waals surface area contributed by atoms with Gasteiger partial charge >= 0.3 is 0 Å². The average molecular weight is 299 g/mol. The van der Waals surface area contributed by atoms with Gasteiger partial charge in [0.1, 0.15) is 5.75 Å². The monoisotopic (exact) mass is 299 g/mol. The minimum atomic E-state index is -1.06. The molecule has 0 amide bonds. The zero-order valence-corrected chi connectivity index (χ0v) is 12.6. The summed E-state index contributed by atoms with van der Waals surface area (Å²) in [6.07, 6.45) is 4.18. The second-order valence-corrected chi connectivity index (χ2v) is 5.74. The van der Waals surface area contributed by atoms with Crippen molar-refractivity contribution in [2.45, 2.75) is 26.2 Å². The fourth-order valence-corrected chi connectivity index (χ4v) is 3.14. The highest BCUT2D eigenvalue weighted by molar-refractivity contribution is 5.86. The Labute approximate surface area is 128 Å². The number of carbonyl (C=O) groups excluding carboxylic acids is 1. The molecule has 0 atom stereocenters. The molecule has 0 saturated carbocycles.